The summed E-state index contributed by atoms with van der Waals surface area (Å²) in [4.78, 5) is 15.9. The van der Waals surface area contributed by atoms with Crippen molar-refractivity contribution >= 4 is 61.5 Å². The third-order valence-corrected chi connectivity index (χ3v) is 7.34. The van der Waals surface area contributed by atoms with Crippen LogP contribution in [0.15, 0.2) is 47.5 Å². The van der Waals surface area contributed by atoms with Gasteiger partial charge in [-0.1, -0.05) is 29.3 Å². The number of nitrogens with zero attached hydrogens (tertiary/aromatic N) is 2. The van der Waals surface area contributed by atoms with Crippen molar-refractivity contribution in [2.45, 2.75) is 4.90 Å². The number of nitrogens with one attached hydrogen (secondary N) is 1. The SMILES string of the molecule is O=C(O)c1cccc(Cl)c1Nc1c(S(=O)(=O)N2CCOCC2)cnc2ccc(Cl)cc12. The summed E-state index contributed by atoms with van der Waals surface area (Å²) in [5.41, 5.74) is 0.600. The molecule has 1 aromatic heterocycles. The van der Waals surface area contributed by atoms with E-state index < -0.39 is 16.0 Å². The van der Waals surface area contributed by atoms with Gasteiger partial charge in [0.2, 0.25) is 10.0 Å². The number of benzene rings is 2. The fourth-order valence-electron chi connectivity index (χ4n) is 3.35. The Hall–Kier alpha value is -2.43. The van der Waals surface area contributed by atoms with Gasteiger partial charge in [-0.3, -0.25) is 4.98 Å². The van der Waals surface area contributed by atoms with Gasteiger partial charge in [0.05, 0.1) is 40.7 Å². The molecular weight excluding hydrogens is 465 g/mol. The molecular formula is C20H17Cl2N3O5S. The minimum absolute atomic E-state index is 0.0718. The molecule has 11 heteroatoms. The van der Waals surface area contributed by atoms with E-state index in [1.165, 1.54) is 28.7 Å². The second kappa shape index (κ2) is 8.60. The van der Waals surface area contributed by atoms with Crippen LogP contribution in [0.2, 0.25) is 10.0 Å². The fourth-order valence-corrected chi connectivity index (χ4v) is 5.26. The first kappa shape index (κ1) is 21.8. The van der Waals surface area contributed by atoms with Crippen LogP contribution in [0.4, 0.5) is 11.4 Å². The predicted octanol–water partition coefficient (Wildman–Crippen LogP) is 4.00. The summed E-state index contributed by atoms with van der Waals surface area (Å²) >= 11 is 12.4. The van der Waals surface area contributed by atoms with E-state index in [2.05, 4.69) is 10.3 Å². The van der Waals surface area contributed by atoms with Crippen molar-refractivity contribution in [3.8, 4) is 0 Å². The first-order chi connectivity index (χ1) is 14.8. The topological polar surface area (TPSA) is 109 Å². The Kier molecular flexibility index (Phi) is 6.05. The molecule has 31 heavy (non-hydrogen) atoms. The van der Waals surface area contributed by atoms with Crippen LogP contribution >= 0.6 is 23.2 Å². The molecule has 3 aromatic rings. The number of pyridine rings is 1. The van der Waals surface area contributed by atoms with Crippen molar-refractivity contribution < 1.29 is 23.1 Å². The maximum atomic E-state index is 13.4. The first-order valence-corrected chi connectivity index (χ1v) is 11.4. The third-order valence-electron chi connectivity index (χ3n) is 4.88. The number of morpholine rings is 1. The summed E-state index contributed by atoms with van der Waals surface area (Å²) in [5, 5.41) is 13.5. The highest BCUT2D eigenvalue weighted by Gasteiger charge is 2.31. The number of sulfonamides is 1. The zero-order valence-electron chi connectivity index (χ0n) is 16.0. The highest BCUT2D eigenvalue weighted by Crippen LogP contribution is 2.38. The Morgan fingerprint density at radius 1 is 1.13 bits per heavy atom. The summed E-state index contributed by atoms with van der Waals surface area (Å²) < 4.78 is 33.4. The smallest absolute Gasteiger partial charge is 0.337 e. The van der Waals surface area contributed by atoms with Crippen molar-refractivity contribution in [2.24, 2.45) is 0 Å². The summed E-state index contributed by atoms with van der Waals surface area (Å²) in [5.74, 6) is -1.21. The van der Waals surface area contributed by atoms with Gasteiger partial charge in [0.25, 0.3) is 0 Å². The number of carboxylic acid groups (broad SMARTS) is 1. The van der Waals surface area contributed by atoms with E-state index in [0.717, 1.165) is 0 Å². The number of fused-ring (bicyclic) bond motifs is 1. The number of halogens is 2. The number of rotatable bonds is 5. The Labute approximate surface area is 188 Å². The van der Waals surface area contributed by atoms with Crippen molar-refractivity contribution in [3.05, 3.63) is 58.2 Å². The number of aromatic nitrogens is 1. The van der Waals surface area contributed by atoms with Gasteiger partial charge >= 0.3 is 5.97 Å². The number of hydrogen-bond donors (Lipinski definition) is 2. The summed E-state index contributed by atoms with van der Waals surface area (Å²) in [6, 6.07) is 9.26. The largest absolute Gasteiger partial charge is 0.478 e. The zero-order chi connectivity index (χ0) is 22.2. The van der Waals surface area contributed by atoms with Crippen molar-refractivity contribution in [1.29, 1.82) is 0 Å². The molecule has 2 heterocycles. The van der Waals surface area contributed by atoms with Crippen LogP contribution in [0.25, 0.3) is 10.9 Å². The Bertz CT molecular complexity index is 1280. The average Bonchev–Trinajstić information content (AvgIpc) is 2.75. The molecule has 2 aromatic carbocycles. The molecule has 162 valence electrons. The van der Waals surface area contributed by atoms with E-state index in [1.807, 2.05) is 0 Å². The van der Waals surface area contributed by atoms with Crippen molar-refractivity contribution in [1.82, 2.24) is 9.29 Å². The Morgan fingerprint density at radius 3 is 2.58 bits per heavy atom. The molecule has 0 amide bonds. The molecule has 0 saturated carbocycles. The van der Waals surface area contributed by atoms with E-state index in [-0.39, 0.29) is 53.2 Å². The fraction of sp³-hybridized carbons (Fsp3) is 0.200. The average molecular weight is 482 g/mol. The molecule has 0 aliphatic carbocycles. The van der Waals surface area contributed by atoms with E-state index in [0.29, 0.717) is 15.9 Å². The van der Waals surface area contributed by atoms with Crippen LogP contribution in [0, 0.1) is 0 Å². The maximum absolute atomic E-state index is 13.4. The van der Waals surface area contributed by atoms with Crippen LogP contribution < -0.4 is 5.32 Å². The molecule has 8 nitrogen and oxygen atoms in total. The summed E-state index contributed by atoms with van der Waals surface area (Å²) in [6.45, 7) is 0.953. The molecule has 0 spiro atoms. The lowest BCUT2D eigenvalue weighted by Crippen LogP contribution is -2.40. The normalized spacial score (nSPS) is 15.2. The summed E-state index contributed by atoms with van der Waals surface area (Å²) in [6.07, 6.45) is 1.25. The highest BCUT2D eigenvalue weighted by molar-refractivity contribution is 7.89. The van der Waals surface area contributed by atoms with Crippen LogP contribution in [-0.4, -0.2) is 55.1 Å². The molecule has 1 aliphatic rings. The van der Waals surface area contributed by atoms with Gasteiger partial charge in [0, 0.05) is 29.7 Å². The standard InChI is InChI=1S/C20H17Cl2N3O5S/c21-12-4-5-16-14(10-12)19(24-18-13(20(26)27)2-1-3-15(18)22)17(11-23-16)31(28,29)25-6-8-30-9-7-25/h1-5,10-11H,6-9H2,(H,23,24)(H,26,27). The molecule has 2 N–H and O–H groups in total. The van der Waals surface area contributed by atoms with Crippen molar-refractivity contribution in [2.75, 3.05) is 31.6 Å². The minimum atomic E-state index is -3.97. The number of para-hydroxylation sites is 1. The lowest BCUT2D eigenvalue weighted by molar-refractivity contribution is 0.0698. The zero-order valence-corrected chi connectivity index (χ0v) is 18.3. The summed E-state index contributed by atoms with van der Waals surface area (Å²) in [7, 11) is -3.97. The van der Waals surface area contributed by atoms with Gasteiger partial charge in [-0.05, 0) is 30.3 Å². The van der Waals surface area contributed by atoms with Gasteiger partial charge in [0.1, 0.15) is 4.90 Å². The molecule has 0 unspecified atom stereocenters. The molecule has 4 rings (SSSR count). The minimum Gasteiger partial charge on any atom is -0.478 e. The molecule has 0 atom stereocenters. The predicted molar refractivity (Wildman–Crippen MR) is 118 cm³/mol. The van der Waals surface area contributed by atoms with Crippen LogP contribution in [0.5, 0.6) is 0 Å². The molecule has 0 radical (unpaired) electrons. The first-order valence-electron chi connectivity index (χ1n) is 9.24. The Morgan fingerprint density at radius 2 is 1.87 bits per heavy atom. The van der Waals surface area contributed by atoms with Crippen molar-refractivity contribution in [3.63, 3.8) is 0 Å². The second-order valence-corrected chi connectivity index (χ2v) is 9.52. The lowest BCUT2D eigenvalue weighted by Gasteiger charge is -2.27. The molecule has 1 fully saturated rings. The van der Waals surface area contributed by atoms with Gasteiger partial charge < -0.3 is 15.2 Å². The number of carboxylic acids is 1. The van der Waals surface area contributed by atoms with Gasteiger partial charge in [-0.15, -0.1) is 0 Å². The molecule has 1 aliphatic heterocycles. The highest BCUT2D eigenvalue weighted by atomic mass is 35.5. The van der Waals surface area contributed by atoms with Crippen LogP contribution in [-0.2, 0) is 14.8 Å². The molecule has 0 bridgehead atoms. The number of anilines is 2. The third kappa shape index (κ3) is 4.19. The molecule has 1 saturated heterocycles. The quantitative estimate of drug-likeness (QED) is 0.566. The number of carbonyl (C=O) groups is 1. The number of aromatic carboxylic acids is 1. The van der Waals surface area contributed by atoms with Crippen LogP contribution in [0.3, 0.4) is 0 Å². The second-order valence-electron chi connectivity index (χ2n) is 6.77. The van der Waals surface area contributed by atoms with Gasteiger partial charge in [0.15, 0.2) is 0 Å². The number of ether oxygens (including phenoxy) is 1. The number of hydrogen-bond acceptors (Lipinski definition) is 6. The van der Waals surface area contributed by atoms with Crippen LogP contribution in [0.1, 0.15) is 10.4 Å². The van der Waals surface area contributed by atoms with E-state index in [4.69, 9.17) is 27.9 Å². The van der Waals surface area contributed by atoms with Gasteiger partial charge in [-0.2, -0.15) is 4.31 Å². The van der Waals surface area contributed by atoms with E-state index in [9.17, 15) is 18.3 Å². The Balaban J connectivity index is 1.96. The van der Waals surface area contributed by atoms with Gasteiger partial charge in [-0.25, -0.2) is 13.2 Å². The van der Waals surface area contributed by atoms with E-state index in [1.54, 1.807) is 18.2 Å². The monoisotopic (exact) mass is 481 g/mol. The van der Waals surface area contributed by atoms with E-state index >= 15 is 0 Å². The lowest BCUT2D eigenvalue weighted by atomic mass is 10.1. The maximum Gasteiger partial charge on any atom is 0.337 e.